The van der Waals surface area contributed by atoms with E-state index in [-0.39, 0.29) is 17.5 Å². The molecule has 0 aromatic heterocycles. The summed E-state index contributed by atoms with van der Waals surface area (Å²) in [7, 11) is -2.82. The molecule has 0 saturated carbocycles. The van der Waals surface area contributed by atoms with Gasteiger partial charge in [0.15, 0.2) is 0 Å². The summed E-state index contributed by atoms with van der Waals surface area (Å²) < 4.78 is 35.6. The molecular formula is C11H21FN2O2S. The molecule has 6 heteroatoms. The van der Waals surface area contributed by atoms with E-state index < -0.39 is 22.1 Å². The molecule has 0 bridgehead atoms. The standard InChI is InChI=1S/C11H21FN2O2S/c12-8-11(13)4-1-5-14(9-11)10-2-6-17(15,16)7-3-10/h10H,1-9,13H2. The van der Waals surface area contributed by atoms with Gasteiger partial charge in [-0.2, -0.15) is 0 Å². The topological polar surface area (TPSA) is 63.4 Å². The lowest BCUT2D eigenvalue weighted by atomic mass is 9.90. The van der Waals surface area contributed by atoms with Crippen molar-refractivity contribution in [3.63, 3.8) is 0 Å². The molecule has 2 aliphatic rings. The van der Waals surface area contributed by atoms with Gasteiger partial charge in [-0.3, -0.25) is 4.90 Å². The van der Waals surface area contributed by atoms with Crippen molar-refractivity contribution in [3.05, 3.63) is 0 Å². The highest BCUT2D eigenvalue weighted by Crippen LogP contribution is 2.25. The van der Waals surface area contributed by atoms with Crippen LogP contribution in [0.2, 0.25) is 0 Å². The number of sulfone groups is 1. The van der Waals surface area contributed by atoms with Crippen molar-refractivity contribution >= 4 is 9.84 Å². The smallest absolute Gasteiger partial charge is 0.150 e. The lowest BCUT2D eigenvalue weighted by Crippen LogP contribution is -2.58. The van der Waals surface area contributed by atoms with Gasteiger partial charge in [0.25, 0.3) is 0 Å². The van der Waals surface area contributed by atoms with Gasteiger partial charge in [0, 0.05) is 12.6 Å². The zero-order chi connectivity index (χ0) is 12.5. The summed E-state index contributed by atoms with van der Waals surface area (Å²) in [5, 5.41) is 0. The van der Waals surface area contributed by atoms with Crippen LogP contribution in [0, 0.1) is 0 Å². The van der Waals surface area contributed by atoms with Crippen molar-refractivity contribution < 1.29 is 12.8 Å². The van der Waals surface area contributed by atoms with Crippen LogP contribution in [0.4, 0.5) is 4.39 Å². The number of piperidine rings is 1. The Balaban J connectivity index is 1.95. The molecule has 4 nitrogen and oxygen atoms in total. The van der Waals surface area contributed by atoms with Crippen LogP contribution < -0.4 is 5.73 Å². The molecule has 0 amide bonds. The second-order valence-electron chi connectivity index (χ2n) is 5.45. The van der Waals surface area contributed by atoms with Crippen molar-refractivity contribution in [1.29, 1.82) is 0 Å². The van der Waals surface area contributed by atoms with Gasteiger partial charge in [0.2, 0.25) is 0 Å². The van der Waals surface area contributed by atoms with Gasteiger partial charge >= 0.3 is 0 Å². The first-order valence-electron chi connectivity index (χ1n) is 6.23. The lowest BCUT2D eigenvalue weighted by molar-refractivity contribution is 0.0845. The van der Waals surface area contributed by atoms with E-state index in [1.165, 1.54) is 0 Å². The van der Waals surface area contributed by atoms with Gasteiger partial charge in [-0.25, -0.2) is 12.8 Å². The molecular weight excluding hydrogens is 243 g/mol. The molecule has 2 N–H and O–H groups in total. The highest BCUT2D eigenvalue weighted by atomic mass is 32.2. The lowest BCUT2D eigenvalue weighted by Gasteiger charge is -2.43. The minimum absolute atomic E-state index is 0.265. The fraction of sp³-hybridized carbons (Fsp3) is 1.00. The first-order valence-corrected chi connectivity index (χ1v) is 8.06. The summed E-state index contributed by atoms with van der Waals surface area (Å²) in [4.78, 5) is 2.19. The SMILES string of the molecule is NC1(CF)CCCN(C2CCS(=O)(=O)CC2)C1. The van der Waals surface area contributed by atoms with Crippen LogP contribution in [0.25, 0.3) is 0 Å². The Morgan fingerprint density at radius 3 is 2.59 bits per heavy atom. The van der Waals surface area contributed by atoms with Crippen LogP contribution in [0.5, 0.6) is 0 Å². The van der Waals surface area contributed by atoms with E-state index in [4.69, 9.17) is 5.73 Å². The average molecular weight is 264 g/mol. The first-order chi connectivity index (χ1) is 7.94. The molecule has 1 unspecified atom stereocenters. The van der Waals surface area contributed by atoms with Crippen molar-refractivity contribution in [2.75, 3.05) is 31.3 Å². The normalized spacial score (nSPS) is 35.9. The van der Waals surface area contributed by atoms with Gasteiger partial charge in [-0.1, -0.05) is 0 Å². The van der Waals surface area contributed by atoms with Crippen LogP contribution in [-0.4, -0.2) is 56.2 Å². The Bertz CT molecular complexity index is 360. The number of likely N-dealkylation sites (tertiary alicyclic amines) is 1. The maximum Gasteiger partial charge on any atom is 0.150 e. The molecule has 2 heterocycles. The highest BCUT2D eigenvalue weighted by Gasteiger charge is 2.36. The Morgan fingerprint density at radius 1 is 1.35 bits per heavy atom. The van der Waals surface area contributed by atoms with Crippen molar-refractivity contribution in [1.82, 2.24) is 4.90 Å². The fourth-order valence-corrected chi connectivity index (χ4v) is 4.33. The fourth-order valence-electron chi connectivity index (χ4n) is 2.86. The first kappa shape index (κ1) is 13.2. The van der Waals surface area contributed by atoms with Crippen molar-refractivity contribution in [3.8, 4) is 0 Å². The maximum absolute atomic E-state index is 12.9. The molecule has 0 radical (unpaired) electrons. The maximum atomic E-state index is 12.9. The predicted octanol–water partition coefficient (Wildman–Crippen LogP) is 0.326. The van der Waals surface area contributed by atoms with Crippen molar-refractivity contribution in [2.24, 2.45) is 5.73 Å². The van der Waals surface area contributed by atoms with E-state index in [0.717, 1.165) is 19.4 Å². The molecule has 1 atom stereocenters. The summed E-state index contributed by atoms with van der Waals surface area (Å²) in [6.45, 7) is 0.992. The minimum atomic E-state index is -2.82. The third-order valence-corrected chi connectivity index (χ3v) is 5.66. The summed E-state index contributed by atoms with van der Waals surface area (Å²) in [5.74, 6) is 0.530. The summed E-state index contributed by atoms with van der Waals surface area (Å²) in [5.41, 5.74) is 5.26. The average Bonchev–Trinajstić information content (AvgIpc) is 2.29. The number of alkyl halides is 1. The van der Waals surface area contributed by atoms with Gasteiger partial charge in [-0.15, -0.1) is 0 Å². The second-order valence-corrected chi connectivity index (χ2v) is 7.76. The van der Waals surface area contributed by atoms with Crippen LogP contribution in [0.1, 0.15) is 25.7 Å². The third kappa shape index (κ3) is 3.17. The molecule has 2 aliphatic heterocycles. The second kappa shape index (κ2) is 4.82. The largest absolute Gasteiger partial charge is 0.322 e. The van der Waals surface area contributed by atoms with Gasteiger partial charge in [-0.05, 0) is 32.2 Å². The molecule has 17 heavy (non-hydrogen) atoms. The number of nitrogens with zero attached hydrogens (tertiary/aromatic N) is 1. The number of halogens is 1. The van der Waals surface area contributed by atoms with E-state index in [2.05, 4.69) is 4.90 Å². The molecule has 0 aromatic rings. The Morgan fingerprint density at radius 2 is 2.00 bits per heavy atom. The zero-order valence-corrected chi connectivity index (χ0v) is 10.9. The molecule has 0 aliphatic carbocycles. The van der Waals surface area contributed by atoms with Gasteiger partial charge in [0.1, 0.15) is 16.5 Å². The monoisotopic (exact) mass is 264 g/mol. The third-order valence-electron chi connectivity index (χ3n) is 3.94. The molecule has 2 fully saturated rings. The molecule has 100 valence electrons. The highest BCUT2D eigenvalue weighted by molar-refractivity contribution is 7.91. The Kier molecular flexibility index (Phi) is 3.75. The van der Waals surface area contributed by atoms with E-state index in [0.29, 0.717) is 19.4 Å². The van der Waals surface area contributed by atoms with Crippen LogP contribution in [0.15, 0.2) is 0 Å². The summed E-state index contributed by atoms with van der Waals surface area (Å²) in [6.07, 6.45) is 2.98. The minimum Gasteiger partial charge on any atom is -0.322 e. The zero-order valence-electron chi connectivity index (χ0n) is 10.1. The molecule has 0 spiro atoms. The predicted molar refractivity (Wildman–Crippen MR) is 65.4 cm³/mol. The Hall–Kier alpha value is -0.200. The van der Waals surface area contributed by atoms with E-state index in [9.17, 15) is 12.8 Å². The van der Waals surface area contributed by atoms with E-state index in [1.807, 2.05) is 0 Å². The van der Waals surface area contributed by atoms with Gasteiger partial charge in [0.05, 0.1) is 17.0 Å². The van der Waals surface area contributed by atoms with Crippen molar-refractivity contribution in [2.45, 2.75) is 37.3 Å². The number of hydrogen-bond donors (Lipinski definition) is 1. The number of nitrogens with two attached hydrogens (primary N) is 1. The van der Waals surface area contributed by atoms with Crippen LogP contribution in [0.3, 0.4) is 0 Å². The van der Waals surface area contributed by atoms with Crippen LogP contribution >= 0.6 is 0 Å². The Labute approximate surface area is 102 Å². The molecule has 2 saturated heterocycles. The van der Waals surface area contributed by atoms with Gasteiger partial charge < -0.3 is 5.73 Å². The number of hydrogen-bond acceptors (Lipinski definition) is 4. The molecule has 2 rings (SSSR count). The van der Waals surface area contributed by atoms with E-state index >= 15 is 0 Å². The quantitative estimate of drug-likeness (QED) is 0.780. The summed E-state index contributed by atoms with van der Waals surface area (Å²) in [6, 6.07) is 0.272. The van der Waals surface area contributed by atoms with E-state index in [1.54, 1.807) is 0 Å². The molecule has 0 aromatic carbocycles. The number of rotatable bonds is 2. The van der Waals surface area contributed by atoms with Crippen LogP contribution in [-0.2, 0) is 9.84 Å². The summed E-state index contributed by atoms with van der Waals surface area (Å²) >= 11 is 0.